The van der Waals surface area contributed by atoms with Gasteiger partial charge in [0.15, 0.2) is 0 Å². The van der Waals surface area contributed by atoms with E-state index in [1.165, 1.54) is 12.8 Å². The van der Waals surface area contributed by atoms with Gasteiger partial charge in [-0.2, -0.15) is 0 Å². The second-order valence-corrected chi connectivity index (χ2v) is 5.58. The third-order valence-electron chi connectivity index (χ3n) is 4.74. The maximum atomic E-state index is 9.67. The summed E-state index contributed by atoms with van der Waals surface area (Å²) >= 11 is 0. The van der Waals surface area contributed by atoms with Crippen molar-refractivity contribution in [1.29, 1.82) is 0 Å². The molecule has 0 amide bonds. The number of hydrogen-bond donors (Lipinski definition) is 1. The van der Waals surface area contributed by atoms with Crippen LogP contribution in [0.3, 0.4) is 0 Å². The quantitative estimate of drug-likeness (QED) is 0.735. The molecule has 94 valence electrons. The number of hydrogen-bond acceptors (Lipinski definition) is 1. The summed E-state index contributed by atoms with van der Waals surface area (Å²) in [5, 5.41) is 9.67. The van der Waals surface area contributed by atoms with Crippen molar-refractivity contribution in [1.82, 2.24) is 0 Å². The maximum absolute atomic E-state index is 9.67. The molecule has 17 heavy (non-hydrogen) atoms. The predicted molar refractivity (Wildman–Crippen MR) is 72.5 cm³/mol. The van der Waals surface area contributed by atoms with Gasteiger partial charge in [0.2, 0.25) is 0 Å². The van der Waals surface area contributed by atoms with Gasteiger partial charge in [-0.3, -0.25) is 0 Å². The summed E-state index contributed by atoms with van der Waals surface area (Å²) in [4.78, 5) is 0. The third kappa shape index (κ3) is 2.55. The average molecular weight is 232 g/mol. The van der Waals surface area contributed by atoms with Crippen molar-refractivity contribution < 1.29 is 5.11 Å². The lowest BCUT2D eigenvalue weighted by Gasteiger charge is -2.45. The minimum absolute atomic E-state index is 0.325. The Balaban J connectivity index is 2.10. The largest absolute Gasteiger partial charge is 0.396 e. The van der Waals surface area contributed by atoms with E-state index in [4.69, 9.17) is 0 Å². The lowest BCUT2D eigenvalue weighted by atomic mass is 9.61. The SMILES string of the molecule is C=CCCC1CC2C=CC=CC2C(CO)C1C. The lowest BCUT2D eigenvalue weighted by Crippen LogP contribution is -2.40. The number of fused-ring (bicyclic) bond motifs is 1. The van der Waals surface area contributed by atoms with E-state index in [1.54, 1.807) is 0 Å². The Morgan fingerprint density at radius 2 is 2.12 bits per heavy atom. The molecule has 0 bridgehead atoms. The van der Waals surface area contributed by atoms with E-state index < -0.39 is 0 Å². The van der Waals surface area contributed by atoms with Gasteiger partial charge < -0.3 is 5.11 Å². The van der Waals surface area contributed by atoms with Crippen LogP contribution in [0, 0.1) is 29.6 Å². The summed E-state index contributed by atoms with van der Waals surface area (Å²) in [6.07, 6.45) is 14.6. The summed E-state index contributed by atoms with van der Waals surface area (Å²) in [6, 6.07) is 0. The van der Waals surface area contributed by atoms with Crippen molar-refractivity contribution >= 4 is 0 Å². The number of aliphatic hydroxyl groups excluding tert-OH is 1. The zero-order valence-electron chi connectivity index (χ0n) is 10.8. The van der Waals surface area contributed by atoms with Gasteiger partial charge in [0.1, 0.15) is 0 Å². The molecular weight excluding hydrogens is 208 g/mol. The predicted octanol–water partition coefficient (Wildman–Crippen LogP) is 3.58. The van der Waals surface area contributed by atoms with Crippen LogP contribution in [0.4, 0.5) is 0 Å². The van der Waals surface area contributed by atoms with Gasteiger partial charge in [-0.15, -0.1) is 6.58 Å². The number of allylic oxidation sites excluding steroid dienone is 5. The Labute approximate surface area is 105 Å². The van der Waals surface area contributed by atoms with Crippen LogP contribution in [0.2, 0.25) is 0 Å². The second kappa shape index (κ2) is 5.68. The van der Waals surface area contributed by atoms with Gasteiger partial charge in [-0.05, 0) is 48.9 Å². The smallest absolute Gasteiger partial charge is 0.0467 e. The average Bonchev–Trinajstić information content (AvgIpc) is 2.36. The van der Waals surface area contributed by atoms with Crippen molar-refractivity contribution in [3.05, 3.63) is 37.0 Å². The van der Waals surface area contributed by atoms with Crippen molar-refractivity contribution in [2.45, 2.75) is 26.2 Å². The molecule has 2 aliphatic carbocycles. The number of aliphatic hydroxyl groups is 1. The molecule has 0 aliphatic heterocycles. The van der Waals surface area contributed by atoms with E-state index in [1.807, 2.05) is 6.08 Å². The Morgan fingerprint density at radius 3 is 2.82 bits per heavy atom. The standard InChI is InChI=1S/C16H24O/c1-3-4-7-13-10-14-8-5-6-9-15(14)16(11-17)12(13)2/h3,5-6,8-9,12-17H,1,4,7,10-11H2,2H3. The fraction of sp³-hybridized carbons (Fsp3) is 0.625. The first-order chi connectivity index (χ1) is 8.27. The van der Waals surface area contributed by atoms with E-state index in [9.17, 15) is 5.11 Å². The highest BCUT2D eigenvalue weighted by Gasteiger charge is 2.40. The summed E-state index contributed by atoms with van der Waals surface area (Å²) in [5.74, 6) is 2.99. The first-order valence-electron chi connectivity index (χ1n) is 6.84. The zero-order valence-corrected chi connectivity index (χ0v) is 10.8. The molecule has 1 N–H and O–H groups in total. The van der Waals surface area contributed by atoms with Crippen LogP contribution in [0.5, 0.6) is 0 Å². The van der Waals surface area contributed by atoms with Crippen molar-refractivity contribution in [2.24, 2.45) is 29.6 Å². The molecule has 0 aromatic carbocycles. The van der Waals surface area contributed by atoms with Gasteiger partial charge in [0.05, 0.1) is 0 Å². The normalized spacial score (nSPS) is 40.0. The minimum Gasteiger partial charge on any atom is -0.396 e. The van der Waals surface area contributed by atoms with E-state index in [0.29, 0.717) is 30.3 Å². The molecule has 0 spiro atoms. The maximum Gasteiger partial charge on any atom is 0.0467 e. The Bertz CT molecular complexity index is 315. The van der Waals surface area contributed by atoms with Crippen LogP contribution >= 0.6 is 0 Å². The summed E-state index contributed by atoms with van der Waals surface area (Å²) < 4.78 is 0. The summed E-state index contributed by atoms with van der Waals surface area (Å²) in [6.45, 7) is 6.46. The fourth-order valence-corrected chi connectivity index (χ4v) is 3.63. The van der Waals surface area contributed by atoms with E-state index in [0.717, 1.165) is 12.3 Å². The fourth-order valence-electron chi connectivity index (χ4n) is 3.63. The molecule has 0 saturated heterocycles. The molecule has 1 fully saturated rings. The van der Waals surface area contributed by atoms with E-state index >= 15 is 0 Å². The van der Waals surface area contributed by atoms with Gasteiger partial charge in [0.25, 0.3) is 0 Å². The van der Waals surface area contributed by atoms with Crippen LogP contribution in [0.1, 0.15) is 26.2 Å². The number of rotatable bonds is 4. The molecule has 5 unspecified atom stereocenters. The van der Waals surface area contributed by atoms with Crippen molar-refractivity contribution in [3.8, 4) is 0 Å². The van der Waals surface area contributed by atoms with Crippen LogP contribution in [0.25, 0.3) is 0 Å². The minimum atomic E-state index is 0.325. The highest BCUT2D eigenvalue weighted by Crippen LogP contribution is 2.46. The first-order valence-corrected chi connectivity index (χ1v) is 6.84. The molecule has 2 aliphatic rings. The second-order valence-electron chi connectivity index (χ2n) is 5.58. The van der Waals surface area contributed by atoms with Gasteiger partial charge >= 0.3 is 0 Å². The Kier molecular flexibility index (Phi) is 4.22. The molecular formula is C16H24O. The van der Waals surface area contributed by atoms with Crippen LogP contribution < -0.4 is 0 Å². The molecule has 5 atom stereocenters. The monoisotopic (exact) mass is 232 g/mol. The van der Waals surface area contributed by atoms with Gasteiger partial charge in [0, 0.05) is 6.61 Å². The highest BCUT2D eigenvalue weighted by molar-refractivity contribution is 5.17. The Hall–Kier alpha value is -0.820. The van der Waals surface area contributed by atoms with Gasteiger partial charge in [-0.25, -0.2) is 0 Å². The van der Waals surface area contributed by atoms with Crippen LogP contribution in [-0.2, 0) is 0 Å². The third-order valence-corrected chi connectivity index (χ3v) is 4.74. The van der Waals surface area contributed by atoms with E-state index in [2.05, 4.69) is 37.8 Å². The zero-order chi connectivity index (χ0) is 12.3. The van der Waals surface area contributed by atoms with E-state index in [-0.39, 0.29) is 0 Å². The molecule has 0 heterocycles. The summed E-state index contributed by atoms with van der Waals surface area (Å²) in [7, 11) is 0. The van der Waals surface area contributed by atoms with Crippen LogP contribution in [-0.4, -0.2) is 11.7 Å². The van der Waals surface area contributed by atoms with Crippen molar-refractivity contribution in [2.75, 3.05) is 6.61 Å². The topological polar surface area (TPSA) is 20.2 Å². The van der Waals surface area contributed by atoms with Gasteiger partial charge in [-0.1, -0.05) is 37.3 Å². The van der Waals surface area contributed by atoms with Crippen LogP contribution in [0.15, 0.2) is 37.0 Å². The first kappa shape index (κ1) is 12.6. The molecule has 1 nitrogen and oxygen atoms in total. The molecule has 0 radical (unpaired) electrons. The summed E-state index contributed by atoms with van der Waals surface area (Å²) in [5.41, 5.74) is 0. The van der Waals surface area contributed by atoms with Crippen molar-refractivity contribution in [3.63, 3.8) is 0 Å². The molecule has 2 rings (SSSR count). The highest BCUT2D eigenvalue weighted by atomic mass is 16.3. The molecule has 0 aromatic heterocycles. The molecule has 1 heteroatoms. The molecule has 0 aromatic rings. The molecule has 1 saturated carbocycles. The lowest BCUT2D eigenvalue weighted by molar-refractivity contribution is 0.0416. The Morgan fingerprint density at radius 1 is 1.35 bits per heavy atom.